The second-order valence-corrected chi connectivity index (χ2v) is 7.38. The van der Waals surface area contributed by atoms with Gasteiger partial charge in [-0.05, 0) is 25.2 Å². The van der Waals surface area contributed by atoms with Crippen molar-refractivity contribution in [2.24, 2.45) is 11.7 Å². The quantitative estimate of drug-likeness (QED) is 0.745. The fourth-order valence-electron chi connectivity index (χ4n) is 3.22. The third-order valence-corrected chi connectivity index (χ3v) is 5.82. The van der Waals surface area contributed by atoms with Gasteiger partial charge in [0.15, 0.2) is 0 Å². The average molecular weight is 291 g/mol. The van der Waals surface area contributed by atoms with Gasteiger partial charge >= 0.3 is 0 Å². The van der Waals surface area contributed by atoms with Crippen LogP contribution >= 0.6 is 0 Å². The fraction of sp³-hybridized carbons (Fsp3) is 1.00. The summed E-state index contributed by atoms with van der Waals surface area (Å²) in [6.07, 6.45) is 4.77. The number of nitrogens with zero attached hydrogens (tertiary/aromatic N) is 1. The molecule has 0 amide bonds. The summed E-state index contributed by atoms with van der Waals surface area (Å²) in [5.74, 6) is 0.536. The molecule has 114 valence electrons. The first kappa shape index (κ1) is 16.9. The zero-order chi connectivity index (χ0) is 14.5. The SMILES string of the molecule is CCCN(C1(CN)CCCC(C)C1)S(=O)(=O)NCC. The van der Waals surface area contributed by atoms with Crippen molar-refractivity contribution in [2.45, 2.75) is 58.4 Å². The van der Waals surface area contributed by atoms with Gasteiger partial charge in [-0.25, -0.2) is 4.72 Å². The van der Waals surface area contributed by atoms with Crippen LogP contribution in [0.2, 0.25) is 0 Å². The number of hydrogen-bond acceptors (Lipinski definition) is 3. The van der Waals surface area contributed by atoms with E-state index in [1.165, 1.54) is 6.42 Å². The Morgan fingerprint density at radius 3 is 2.58 bits per heavy atom. The first-order valence-electron chi connectivity index (χ1n) is 7.39. The molecule has 0 heterocycles. The van der Waals surface area contributed by atoms with Gasteiger partial charge in [0.1, 0.15) is 0 Å². The van der Waals surface area contributed by atoms with Crippen LogP contribution in [0.15, 0.2) is 0 Å². The van der Waals surface area contributed by atoms with E-state index in [1.54, 1.807) is 11.2 Å². The molecule has 2 atom stereocenters. The Kier molecular flexibility index (Phi) is 6.23. The summed E-state index contributed by atoms with van der Waals surface area (Å²) in [7, 11) is -3.42. The molecule has 1 aliphatic rings. The summed E-state index contributed by atoms with van der Waals surface area (Å²) < 4.78 is 29.2. The molecule has 0 aromatic carbocycles. The van der Waals surface area contributed by atoms with Crippen molar-refractivity contribution in [1.29, 1.82) is 0 Å². The number of rotatable bonds is 7. The first-order chi connectivity index (χ1) is 8.91. The van der Waals surface area contributed by atoms with Gasteiger partial charge < -0.3 is 5.73 Å². The molecule has 5 nitrogen and oxygen atoms in total. The van der Waals surface area contributed by atoms with Crippen LogP contribution in [0.25, 0.3) is 0 Å². The molecule has 1 rings (SSSR count). The van der Waals surface area contributed by atoms with Crippen LogP contribution in [-0.4, -0.2) is 37.9 Å². The van der Waals surface area contributed by atoms with E-state index in [9.17, 15) is 8.42 Å². The van der Waals surface area contributed by atoms with E-state index in [0.29, 0.717) is 25.6 Å². The maximum Gasteiger partial charge on any atom is 0.279 e. The number of nitrogens with two attached hydrogens (primary N) is 1. The molecule has 1 fully saturated rings. The Bertz CT molecular complexity index is 372. The molecule has 1 aliphatic carbocycles. The summed E-state index contributed by atoms with van der Waals surface area (Å²) >= 11 is 0. The molecular weight excluding hydrogens is 262 g/mol. The maximum atomic E-state index is 12.4. The average Bonchev–Trinajstić information content (AvgIpc) is 2.35. The van der Waals surface area contributed by atoms with Gasteiger partial charge in [-0.3, -0.25) is 0 Å². The highest BCUT2D eigenvalue weighted by molar-refractivity contribution is 7.87. The Hall–Kier alpha value is -0.170. The molecule has 19 heavy (non-hydrogen) atoms. The third kappa shape index (κ3) is 3.90. The highest BCUT2D eigenvalue weighted by atomic mass is 32.2. The van der Waals surface area contributed by atoms with Crippen LogP contribution in [0.1, 0.15) is 52.9 Å². The highest BCUT2D eigenvalue weighted by Crippen LogP contribution is 2.37. The molecule has 0 saturated heterocycles. The van der Waals surface area contributed by atoms with Crippen molar-refractivity contribution in [1.82, 2.24) is 9.03 Å². The largest absolute Gasteiger partial charge is 0.329 e. The molecule has 0 spiro atoms. The smallest absolute Gasteiger partial charge is 0.279 e. The summed E-state index contributed by atoms with van der Waals surface area (Å²) in [5.41, 5.74) is 5.60. The predicted molar refractivity (Wildman–Crippen MR) is 79.0 cm³/mol. The van der Waals surface area contributed by atoms with Crippen molar-refractivity contribution in [3.05, 3.63) is 0 Å². The molecule has 0 bridgehead atoms. The Labute approximate surface area is 118 Å². The van der Waals surface area contributed by atoms with Crippen molar-refractivity contribution in [3.8, 4) is 0 Å². The van der Waals surface area contributed by atoms with Crippen LogP contribution in [-0.2, 0) is 10.2 Å². The fourth-order valence-corrected chi connectivity index (χ4v) is 4.92. The molecule has 0 radical (unpaired) electrons. The van der Waals surface area contributed by atoms with E-state index < -0.39 is 15.7 Å². The standard InChI is InChI=1S/C13H29N3O2S/c1-4-9-16(19(17,18)15-5-2)13(11-14)8-6-7-12(3)10-13/h12,15H,4-11,14H2,1-3H3. The lowest BCUT2D eigenvalue weighted by Gasteiger charge is -2.46. The second-order valence-electron chi connectivity index (χ2n) is 5.71. The van der Waals surface area contributed by atoms with Crippen molar-refractivity contribution < 1.29 is 8.42 Å². The zero-order valence-corrected chi connectivity index (χ0v) is 13.3. The van der Waals surface area contributed by atoms with Gasteiger partial charge in [0.25, 0.3) is 10.2 Å². The van der Waals surface area contributed by atoms with E-state index in [2.05, 4.69) is 11.6 Å². The van der Waals surface area contributed by atoms with Crippen LogP contribution in [0.3, 0.4) is 0 Å². The Morgan fingerprint density at radius 2 is 2.11 bits per heavy atom. The summed E-state index contributed by atoms with van der Waals surface area (Å²) in [5, 5.41) is 0. The van der Waals surface area contributed by atoms with Crippen LogP contribution < -0.4 is 10.5 Å². The minimum atomic E-state index is -3.42. The van der Waals surface area contributed by atoms with Gasteiger partial charge in [-0.2, -0.15) is 12.7 Å². The predicted octanol–water partition coefficient (Wildman–Crippen LogP) is 1.46. The van der Waals surface area contributed by atoms with Crippen molar-refractivity contribution in [3.63, 3.8) is 0 Å². The van der Waals surface area contributed by atoms with E-state index in [0.717, 1.165) is 25.7 Å². The van der Waals surface area contributed by atoms with Crippen LogP contribution in [0.5, 0.6) is 0 Å². The minimum Gasteiger partial charge on any atom is -0.329 e. The van der Waals surface area contributed by atoms with E-state index in [-0.39, 0.29) is 0 Å². The van der Waals surface area contributed by atoms with Gasteiger partial charge in [0.05, 0.1) is 0 Å². The normalized spacial score (nSPS) is 28.8. The molecule has 0 aliphatic heterocycles. The number of nitrogens with one attached hydrogen (secondary N) is 1. The van der Waals surface area contributed by atoms with E-state index in [4.69, 9.17) is 5.73 Å². The highest BCUT2D eigenvalue weighted by Gasteiger charge is 2.44. The van der Waals surface area contributed by atoms with Gasteiger partial charge in [-0.15, -0.1) is 0 Å². The van der Waals surface area contributed by atoms with Crippen molar-refractivity contribution in [2.75, 3.05) is 19.6 Å². The van der Waals surface area contributed by atoms with Crippen LogP contribution in [0.4, 0.5) is 0 Å². The summed E-state index contributed by atoms with van der Waals surface area (Å²) in [4.78, 5) is 0. The van der Waals surface area contributed by atoms with E-state index >= 15 is 0 Å². The summed E-state index contributed by atoms with van der Waals surface area (Å²) in [6, 6.07) is 0. The first-order valence-corrected chi connectivity index (χ1v) is 8.83. The van der Waals surface area contributed by atoms with Gasteiger partial charge in [-0.1, -0.05) is 33.6 Å². The van der Waals surface area contributed by atoms with Crippen molar-refractivity contribution >= 4 is 10.2 Å². The third-order valence-electron chi connectivity index (χ3n) is 4.02. The monoisotopic (exact) mass is 291 g/mol. The topological polar surface area (TPSA) is 75.4 Å². The second kappa shape index (κ2) is 7.02. The zero-order valence-electron chi connectivity index (χ0n) is 12.5. The lowest BCUT2D eigenvalue weighted by molar-refractivity contribution is 0.107. The molecule has 0 aromatic heterocycles. The molecular formula is C13H29N3O2S. The molecule has 3 N–H and O–H groups in total. The maximum absolute atomic E-state index is 12.4. The van der Waals surface area contributed by atoms with Gasteiger partial charge in [0, 0.05) is 25.2 Å². The number of hydrogen-bond donors (Lipinski definition) is 2. The Morgan fingerprint density at radius 1 is 1.42 bits per heavy atom. The molecule has 1 saturated carbocycles. The van der Waals surface area contributed by atoms with E-state index in [1.807, 2.05) is 6.92 Å². The molecule has 0 aromatic rings. The minimum absolute atomic E-state index is 0.394. The Balaban J connectivity index is 3.07. The lowest BCUT2D eigenvalue weighted by Crippen LogP contribution is -2.60. The molecule has 6 heteroatoms. The lowest BCUT2D eigenvalue weighted by atomic mass is 9.76. The molecule has 2 unspecified atom stereocenters. The van der Waals surface area contributed by atoms with Gasteiger partial charge in [0.2, 0.25) is 0 Å². The summed E-state index contributed by atoms with van der Waals surface area (Å²) in [6.45, 7) is 7.36. The van der Waals surface area contributed by atoms with Crippen LogP contribution in [0, 0.1) is 5.92 Å².